The summed E-state index contributed by atoms with van der Waals surface area (Å²) in [6.07, 6.45) is 0. The molecular weight excluding hydrogens is 218 g/mol. The Morgan fingerprint density at radius 1 is 1.29 bits per heavy atom. The highest BCUT2D eigenvalue weighted by molar-refractivity contribution is 5.57. The fraction of sp³-hybridized carbons (Fsp3) is 0.200. The molecule has 0 aliphatic carbocycles. The maximum Gasteiger partial charge on any atom is 0.241 e. The Morgan fingerprint density at radius 2 is 2.18 bits per heavy atom. The molecule has 3 rings (SSSR count). The van der Waals surface area contributed by atoms with E-state index in [1.807, 2.05) is 18.2 Å². The lowest BCUT2D eigenvalue weighted by Gasteiger charge is -2.19. The van der Waals surface area contributed by atoms with Crippen LogP contribution < -0.4 is 22.1 Å². The number of aromatic nitrogens is 3. The first-order valence-corrected chi connectivity index (χ1v) is 5.30. The molecular formula is C10H13N7. The van der Waals surface area contributed by atoms with Crippen molar-refractivity contribution in [2.24, 2.45) is 0 Å². The topological polar surface area (TPSA) is 107 Å². The zero-order chi connectivity index (χ0) is 11.8. The van der Waals surface area contributed by atoms with E-state index in [-0.39, 0.29) is 5.95 Å². The summed E-state index contributed by atoms with van der Waals surface area (Å²) < 4.78 is 1.53. The van der Waals surface area contributed by atoms with Crippen LogP contribution in [0.25, 0.3) is 5.69 Å². The van der Waals surface area contributed by atoms with Crippen molar-refractivity contribution in [2.45, 2.75) is 6.54 Å². The highest BCUT2D eigenvalue weighted by Gasteiger charge is 2.11. The molecule has 1 aliphatic rings. The van der Waals surface area contributed by atoms with Gasteiger partial charge in [0.2, 0.25) is 11.9 Å². The molecule has 2 heterocycles. The Labute approximate surface area is 97.8 Å². The molecule has 2 aromatic rings. The summed E-state index contributed by atoms with van der Waals surface area (Å²) in [6, 6.07) is 5.95. The molecule has 6 N–H and O–H groups in total. The number of rotatable bonds is 1. The second-order valence-electron chi connectivity index (χ2n) is 3.86. The predicted molar refractivity (Wildman–Crippen MR) is 65.5 cm³/mol. The fourth-order valence-corrected chi connectivity index (χ4v) is 1.92. The van der Waals surface area contributed by atoms with E-state index in [9.17, 15) is 0 Å². The molecule has 0 amide bonds. The highest BCUT2D eigenvalue weighted by Crippen LogP contribution is 2.22. The van der Waals surface area contributed by atoms with Crippen LogP contribution in [0.1, 0.15) is 5.56 Å². The normalized spacial score (nSPS) is 14.1. The van der Waals surface area contributed by atoms with Crippen LogP contribution in [-0.2, 0) is 6.54 Å². The minimum atomic E-state index is 0.177. The number of nitrogens with one attached hydrogen (secondary N) is 2. The number of hydrogen-bond donors (Lipinski definition) is 4. The second kappa shape index (κ2) is 3.63. The number of nitrogens with two attached hydrogens (primary N) is 2. The van der Waals surface area contributed by atoms with Gasteiger partial charge < -0.3 is 16.8 Å². The lowest BCUT2D eigenvalue weighted by molar-refractivity contribution is 0.708. The number of hydrogen-bond acceptors (Lipinski definition) is 6. The SMILES string of the molecule is Nc1nc(N)n(-c2ccc3c(c2)CNCN3)n1. The van der Waals surface area contributed by atoms with Crippen molar-refractivity contribution in [2.75, 3.05) is 23.5 Å². The maximum atomic E-state index is 5.73. The molecule has 1 aromatic heterocycles. The quantitative estimate of drug-likeness (QED) is 0.546. The van der Waals surface area contributed by atoms with Crippen LogP contribution in [0.2, 0.25) is 0 Å². The van der Waals surface area contributed by atoms with Gasteiger partial charge in [0.15, 0.2) is 0 Å². The van der Waals surface area contributed by atoms with Crippen molar-refractivity contribution >= 4 is 17.6 Å². The molecule has 7 heteroatoms. The molecule has 0 saturated carbocycles. The van der Waals surface area contributed by atoms with E-state index in [2.05, 4.69) is 20.7 Å². The van der Waals surface area contributed by atoms with Gasteiger partial charge in [-0.15, -0.1) is 5.10 Å². The van der Waals surface area contributed by atoms with Crippen molar-refractivity contribution in [3.63, 3.8) is 0 Å². The van der Waals surface area contributed by atoms with Gasteiger partial charge in [0.05, 0.1) is 12.4 Å². The van der Waals surface area contributed by atoms with Crippen LogP contribution in [0.5, 0.6) is 0 Å². The number of nitrogens with zero attached hydrogens (tertiary/aromatic N) is 3. The standard InChI is InChI=1S/C10H13N7/c11-9-15-10(12)17(16-9)7-1-2-8-6(3-7)4-13-5-14-8/h1-3,13-14H,4-5H2,(H4,11,12,15,16). The van der Waals surface area contributed by atoms with Gasteiger partial charge in [0, 0.05) is 12.2 Å². The molecule has 0 saturated heterocycles. The highest BCUT2D eigenvalue weighted by atomic mass is 15.4. The monoisotopic (exact) mass is 231 g/mol. The van der Waals surface area contributed by atoms with Crippen molar-refractivity contribution in [1.82, 2.24) is 20.1 Å². The van der Waals surface area contributed by atoms with Crippen molar-refractivity contribution in [3.05, 3.63) is 23.8 Å². The van der Waals surface area contributed by atoms with E-state index in [0.29, 0.717) is 5.95 Å². The first-order valence-electron chi connectivity index (χ1n) is 5.30. The van der Waals surface area contributed by atoms with E-state index >= 15 is 0 Å². The Morgan fingerprint density at radius 3 is 2.94 bits per heavy atom. The molecule has 0 bridgehead atoms. The Hall–Kier alpha value is -2.28. The Balaban J connectivity index is 2.06. The summed E-state index contributed by atoms with van der Waals surface area (Å²) in [6.45, 7) is 1.60. The molecule has 1 aromatic carbocycles. The number of anilines is 3. The second-order valence-corrected chi connectivity index (χ2v) is 3.86. The van der Waals surface area contributed by atoms with Gasteiger partial charge in [-0.25, -0.2) is 0 Å². The van der Waals surface area contributed by atoms with Gasteiger partial charge in [0.1, 0.15) is 0 Å². The largest absolute Gasteiger partial charge is 0.372 e. The van der Waals surface area contributed by atoms with Crippen molar-refractivity contribution in [3.8, 4) is 5.69 Å². The summed E-state index contributed by atoms with van der Waals surface area (Å²) in [5.41, 5.74) is 14.4. The summed E-state index contributed by atoms with van der Waals surface area (Å²) in [4.78, 5) is 3.88. The van der Waals surface area contributed by atoms with Crippen molar-refractivity contribution < 1.29 is 0 Å². The summed E-state index contributed by atoms with van der Waals surface area (Å²) in [5, 5.41) is 10.5. The van der Waals surface area contributed by atoms with Gasteiger partial charge in [-0.3, -0.25) is 5.32 Å². The smallest absolute Gasteiger partial charge is 0.241 e. The molecule has 17 heavy (non-hydrogen) atoms. The van der Waals surface area contributed by atoms with Gasteiger partial charge >= 0.3 is 0 Å². The minimum Gasteiger partial charge on any atom is -0.372 e. The molecule has 0 spiro atoms. The number of nitrogen functional groups attached to an aromatic ring is 2. The third-order valence-corrected chi connectivity index (χ3v) is 2.70. The molecule has 7 nitrogen and oxygen atoms in total. The molecule has 0 radical (unpaired) electrons. The average molecular weight is 231 g/mol. The average Bonchev–Trinajstić information content (AvgIpc) is 2.68. The third kappa shape index (κ3) is 1.66. The van der Waals surface area contributed by atoms with E-state index in [1.54, 1.807) is 0 Å². The number of benzene rings is 1. The molecule has 0 unspecified atom stereocenters. The van der Waals surface area contributed by atoms with Crippen LogP contribution in [0, 0.1) is 0 Å². The van der Waals surface area contributed by atoms with Gasteiger partial charge in [-0.05, 0) is 23.8 Å². The van der Waals surface area contributed by atoms with E-state index in [1.165, 1.54) is 10.2 Å². The van der Waals surface area contributed by atoms with Crippen LogP contribution in [0.15, 0.2) is 18.2 Å². The van der Waals surface area contributed by atoms with Crippen LogP contribution >= 0.6 is 0 Å². The molecule has 88 valence electrons. The predicted octanol–water partition coefficient (Wildman–Crippen LogP) is -0.0957. The van der Waals surface area contributed by atoms with Crippen LogP contribution in [-0.4, -0.2) is 21.4 Å². The Kier molecular flexibility index (Phi) is 2.12. The minimum absolute atomic E-state index is 0.177. The molecule has 0 fully saturated rings. The third-order valence-electron chi connectivity index (χ3n) is 2.70. The first kappa shape index (κ1) is 9.91. The maximum absolute atomic E-state index is 5.73. The first-order chi connectivity index (χ1) is 8.24. The zero-order valence-electron chi connectivity index (χ0n) is 9.14. The molecule has 1 aliphatic heterocycles. The van der Waals surface area contributed by atoms with E-state index in [0.717, 1.165) is 24.6 Å². The lowest BCUT2D eigenvalue weighted by Crippen LogP contribution is -2.27. The Bertz CT molecular complexity index is 560. The van der Waals surface area contributed by atoms with Crippen LogP contribution in [0.3, 0.4) is 0 Å². The van der Waals surface area contributed by atoms with E-state index in [4.69, 9.17) is 11.5 Å². The zero-order valence-corrected chi connectivity index (χ0v) is 9.14. The van der Waals surface area contributed by atoms with Gasteiger partial charge in [0.25, 0.3) is 0 Å². The summed E-state index contributed by atoms with van der Waals surface area (Å²) >= 11 is 0. The lowest BCUT2D eigenvalue weighted by atomic mass is 10.1. The van der Waals surface area contributed by atoms with E-state index < -0.39 is 0 Å². The summed E-state index contributed by atoms with van der Waals surface area (Å²) in [7, 11) is 0. The molecule has 0 atom stereocenters. The number of fused-ring (bicyclic) bond motifs is 1. The van der Waals surface area contributed by atoms with Gasteiger partial charge in [-0.2, -0.15) is 9.67 Å². The van der Waals surface area contributed by atoms with Gasteiger partial charge in [-0.1, -0.05) is 0 Å². The van der Waals surface area contributed by atoms with Crippen LogP contribution in [0.4, 0.5) is 17.6 Å². The fourth-order valence-electron chi connectivity index (χ4n) is 1.92. The summed E-state index contributed by atoms with van der Waals surface area (Å²) in [5.74, 6) is 0.468. The van der Waals surface area contributed by atoms with Crippen molar-refractivity contribution in [1.29, 1.82) is 0 Å².